The van der Waals surface area contributed by atoms with Crippen molar-refractivity contribution in [3.05, 3.63) is 88.2 Å². The molecule has 0 atom stereocenters. The van der Waals surface area contributed by atoms with Crippen LogP contribution >= 0.6 is 15.9 Å². The molecule has 0 aliphatic heterocycles. The zero-order chi connectivity index (χ0) is 20.1. The van der Waals surface area contributed by atoms with E-state index in [0.29, 0.717) is 0 Å². The average Bonchev–Trinajstić information content (AvgIpc) is 3.27. The van der Waals surface area contributed by atoms with Gasteiger partial charge in [-0.15, -0.1) is 0 Å². The molecular formula is C25H24BrNO2. The molecular weight excluding hydrogens is 426 g/mol. The number of aromatic nitrogens is 1. The highest BCUT2D eigenvalue weighted by molar-refractivity contribution is 9.10. The Bertz CT molecular complexity index is 977. The van der Waals surface area contributed by atoms with E-state index in [1.807, 2.05) is 30.6 Å². The van der Waals surface area contributed by atoms with Crippen LogP contribution in [0.3, 0.4) is 0 Å². The molecule has 0 saturated heterocycles. The zero-order valence-corrected chi connectivity index (χ0v) is 18.1. The van der Waals surface area contributed by atoms with Gasteiger partial charge in [0.05, 0.1) is 13.2 Å². The SMILES string of the molecule is COc1ccc(C(=Cc2ccncc2)c2ccc(Br)cc2)cc1OC1CCCC1. The predicted octanol–water partition coefficient (Wildman–Crippen LogP) is 6.76. The van der Waals surface area contributed by atoms with Crippen molar-refractivity contribution in [3.8, 4) is 11.5 Å². The van der Waals surface area contributed by atoms with Crippen LogP contribution in [0.15, 0.2) is 71.5 Å². The Morgan fingerprint density at radius 3 is 2.31 bits per heavy atom. The van der Waals surface area contributed by atoms with Crippen LogP contribution in [0, 0.1) is 0 Å². The van der Waals surface area contributed by atoms with E-state index in [-0.39, 0.29) is 6.10 Å². The van der Waals surface area contributed by atoms with Gasteiger partial charge in [-0.1, -0.05) is 34.1 Å². The van der Waals surface area contributed by atoms with Gasteiger partial charge in [-0.25, -0.2) is 0 Å². The van der Waals surface area contributed by atoms with Gasteiger partial charge in [0.1, 0.15) is 0 Å². The minimum Gasteiger partial charge on any atom is -0.493 e. The number of halogens is 1. The fourth-order valence-corrected chi connectivity index (χ4v) is 3.98. The van der Waals surface area contributed by atoms with Crippen LogP contribution in [0.4, 0.5) is 0 Å². The summed E-state index contributed by atoms with van der Waals surface area (Å²) in [5, 5.41) is 0. The molecule has 1 aliphatic carbocycles. The molecule has 0 unspecified atom stereocenters. The topological polar surface area (TPSA) is 31.4 Å². The third kappa shape index (κ3) is 4.88. The highest BCUT2D eigenvalue weighted by Crippen LogP contribution is 2.36. The summed E-state index contributed by atoms with van der Waals surface area (Å²) < 4.78 is 13.0. The monoisotopic (exact) mass is 449 g/mol. The summed E-state index contributed by atoms with van der Waals surface area (Å²) in [6.07, 6.45) is 10.8. The van der Waals surface area contributed by atoms with Crippen molar-refractivity contribution in [1.29, 1.82) is 0 Å². The summed E-state index contributed by atoms with van der Waals surface area (Å²) in [7, 11) is 1.69. The molecule has 1 aliphatic rings. The Labute approximate surface area is 180 Å². The smallest absolute Gasteiger partial charge is 0.162 e. The molecule has 148 valence electrons. The number of pyridine rings is 1. The molecule has 0 N–H and O–H groups in total. The fraction of sp³-hybridized carbons (Fsp3) is 0.240. The lowest BCUT2D eigenvalue weighted by Crippen LogP contribution is -2.11. The van der Waals surface area contributed by atoms with Gasteiger partial charge in [0.25, 0.3) is 0 Å². The first kappa shape index (κ1) is 19.7. The number of nitrogens with zero attached hydrogens (tertiary/aromatic N) is 1. The van der Waals surface area contributed by atoms with Crippen LogP contribution in [0.25, 0.3) is 11.6 Å². The van der Waals surface area contributed by atoms with Crippen LogP contribution in [-0.2, 0) is 0 Å². The molecule has 3 nitrogen and oxygen atoms in total. The summed E-state index contributed by atoms with van der Waals surface area (Å²) in [5.41, 5.74) is 4.47. The van der Waals surface area contributed by atoms with E-state index in [0.717, 1.165) is 51.1 Å². The summed E-state index contributed by atoms with van der Waals surface area (Å²) in [4.78, 5) is 4.13. The molecule has 1 heterocycles. The van der Waals surface area contributed by atoms with E-state index in [9.17, 15) is 0 Å². The lowest BCUT2D eigenvalue weighted by atomic mass is 9.95. The van der Waals surface area contributed by atoms with Gasteiger partial charge in [-0.3, -0.25) is 4.98 Å². The van der Waals surface area contributed by atoms with Crippen molar-refractivity contribution >= 4 is 27.6 Å². The molecule has 3 aromatic rings. The minimum atomic E-state index is 0.277. The third-order valence-corrected chi connectivity index (χ3v) is 5.77. The van der Waals surface area contributed by atoms with E-state index < -0.39 is 0 Å². The van der Waals surface area contributed by atoms with Crippen LogP contribution in [0.5, 0.6) is 11.5 Å². The molecule has 2 aromatic carbocycles. The molecule has 0 amide bonds. The van der Waals surface area contributed by atoms with E-state index >= 15 is 0 Å². The maximum absolute atomic E-state index is 6.32. The van der Waals surface area contributed by atoms with Crippen molar-refractivity contribution in [2.24, 2.45) is 0 Å². The van der Waals surface area contributed by atoms with Crippen LogP contribution in [-0.4, -0.2) is 18.2 Å². The molecule has 1 saturated carbocycles. The van der Waals surface area contributed by atoms with Gasteiger partial charge in [0, 0.05) is 16.9 Å². The van der Waals surface area contributed by atoms with E-state index in [1.165, 1.54) is 12.8 Å². The molecule has 0 bridgehead atoms. The molecule has 1 aromatic heterocycles. The Kier molecular flexibility index (Phi) is 6.30. The second-order valence-electron chi connectivity index (χ2n) is 7.24. The highest BCUT2D eigenvalue weighted by Gasteiger charge is 2.19. The Hall–Kier alpha value is -2.59. The van der Waals surface area contributed by atoms with Gasteiger partial charge in [-0.05, 0) is 90.4 Å². The van der Waals surface area contributed by atoms with E-state index in [1.54, 1.807) is 7.11 Å². The number of ether oxygens (including phenoxy) is 2. The van der Waals surface area contributed by atoms with Gasteiger partial charge in [0.2, 0.25) is 0 Å². The maximum Gasteiger partial charge on any atom is 0.162 e. The van der Waals surface area contributed by atoms with E-state index in [4.69, 9.17) is 9.47 Å². The second-order valence-corrected chi connectivity index (χ2v) is 8.15. The van der Waals surface area contributed by atoms with Crippen molar-refractivity contribution < 1.29 is 9.47 Å². The Morgan fingerprint density at radius 1 is 0.931 bits per heavy atom. The number of hydrogen-bond acceptors (Lipinski definition) is 3. The Morgan fingerprint density at radius 2 is 1.62 bits per heavy atom. The predicted molar refractivity (Wildman–Crippen MR) is 121 cm³/mol. The molecule has 29 heavy (non-hydrogen) atoms. The second kappa shape index (κ2) is 9.27. The van der Waals surface area contributed by atoms with Gasteiger partial charge >= 0.3 is 0 Å². The van der Waals surface area contributed by atoms with Crippen molar-refractivity contribution in [2.75, 3.05) is 7.11 Å². The quantitative estimate of drug-likeness (QED) is 0.416. The summed E-state index contributed by atoms with van der Waals surface area (Å²) >= 11 is 3.53. The van der Waals surface area contributed by atoms with Gasteiger partial charge in [0.15, 0.2) is 11.5 Å². The van der Waals surface area contributed by atoms with Crippen LogP contribution in [0.1, 0.15) is 42.4 Å². The molecule has 4 rings (SSSR count). The van der Waals surface area contributed by atoms with Crippen molar-refractivity contribution in [1.82, 2.24) is 4.98 Å². The third-order valence-electron chi connectivity index (χ3n) is 5.24. The summed E-state index contributed by atoms with van der Waals surface area (Å²) in [5.74, 6) is 1.59. The number of hydrogen-bond donors (Lipinski definition) is 0. The van der Waals surface area contributed by atoms with Crippen LogP contribution < -0.4 is 9.47 Å². The average molecular weight is 450 g/mol. The largest absolute Gasteiger partial charge is 0.493 e. The van der Waals surface area contributed by atoms with Crippen LogP contribution in [0.2, 0.25) is 0 Å². The Balaban J connectivity index is 1.77. The first-order chi connectivity index (χ1) is 14.2. The first-order valence-electron chi connectivity index (χ1n) is 9.95. The highest BCUT2D eigenvalue weighted by atomic mass is 79.9. The molecule has 4 heteroatoms. The minimum absolute atomic E-state index is 0.277. The lowest BCUT2D eigenvalue weighted by molar-refractivity contribution is 0.201. The zero-order valence-electron chi connectivity index (χ0n) is 16.5. The molecule has 0 spiro atoms. The standard InChI is InChI=1S/C25H24BrNO2/c1-28-24-11-8-20(17-25(24)29-22-4-2-3-5-22)23(16-18-12-14-27-15-13-18)19-6-9-21(26)10-7-19/h6-17,22H,2-5H2,1H3. The molecule has 1 fully saturated rings. The molecule has 0 radical (unpaired) electrons. The normalized spacial score (nSPS) is 14.8. The summed E-state index contributed by atoms with van der Waals surface area (Å²) in [6, 6.07) is 18.6. The number of rotatable bonds is 6. The van der Waals surface area contributed by atoms with Gasteiger partial charge in [-0.2, -0.15) is 0 Å². The van der Waals surface area contributed by atoms with E-state index in [2.05, 4.69) is 63.4 Å². The maximum atomic E-state index is 6.32. The van der Waals surface area contributed by atoms with Gasteiger partial charge < -0.3 is 9.47 Å². The first-order valence-corrected chi connectivity index (χ1v) is 10.7. The fourth-order valence-electron chi connectivity index (χ4n) is 3.71. The summed E-state index contributed by atoms with van der Waals surface area (Å²) in [6.45, 7) is 0. The number of methoxy groups -OCH3 is 1. The van der Waals surface area contributed by atoms with Crippen molar-refractivity contribution in [3.63, 3.8) is 0 Å². The lowest BCUT2D eigenvalue weighted by Gasteiger charge is -2.18. The number of benzene rings is 2. The van der Waals surface area contributed by atoms with Crippen molar-refractivity contribution in [2.45, 2.75) is 31.8 Å².